The lowest BCUT2D eigenvalue weighted by Crippen LogP contribution is -2.38. The highest BCUT2D eigenvalue weighted by Crippen LogP contribution is 2.35. The summed E-state index contributed by atoms with van der Waals surface area (Å²) >= 11 is 5.84. The Morgan fingerprint density at radius 3 is 2.78 bits per heavy atom. The first kappa shape index (κ1) is 19.2. The average molecular weight is 396 g/mol. The smallest absolute Gasteiger partial charge is 0.366 e. The molecule has 0 bridgehead atoms. The standard InChI is InChI=1S/C18H17ClF3N5/c1-2-27(15-9-13(18(20,21)22)4-3-12(15)10-23)14-6-8-26(11-14)16-5-7-24-17(19)25-16/h3-5,7,9,14H,2,6,8,11H2,1H3. The molecule has 1 aliphatic heterocycles. The molecule has 0 amide bonds. The third kappa shape index (κ3) is 4.08. The van der Waals surface area contributed by atoms with E-state index >= 15 is 0 Å². The molecule has 1 saturated heterocycles. The zero-order valence-electron chi connectivity index (χ0n) is 14.5. The van der Waals surface area contributed by atoms with Crippen LogP contribution in [0.3, 0.4) is 0 Å². The van der Waals surface area contributed by atoms with Gasteiger partial charge in [0.1, 0.15) is 11.9 Å². The van der Waals surface area contributed by atoms with Crippen LogP contribution in [0.15, 0.2) is 30.5 Å². The molecule has 1 unspecified atom stereocenters. The lowest BCUT2D eigenvalue weighted by atomic mass is 10.1. The van der Waals surface area contributed by atoms with Gasteiger partial charge in [0.05, 0.1) is 16.8 Å². The SMILES string of the molecule is CCN(c1cc(C(F)(F)F)ccc1C#N)C1CCN(c2ccnc(Cl)n2)C1. The van der Waals surface area contributed by atoms with E-state index in [1.165, 1.54) is 6.07 Å². The van der Waals surface area contributed by atoms with Crippen molar-refractivity contribution < 1.29 is 13.2 Å². The van der Waals surface area contributed by atoms with Crippen molar-refractivity contribution in [3.8, 4) is 6.07 Å². The molecule has 0 N–H and O–H groups in total. The highest BCUT2D eigenvalue weighted by molar-refractivity contribution is 6.28. The molecule has 5 nitrogen and oxygen atoms in total. The molecular formula is C18H17ClF3N5. The molecule has 2 heterocycles. The summed E-state index contributed by atoms with van der Waals surface area (Å²) in [6.45, 7) is 3.61. The third-order valence-electron chi connectivity index (χ3n) is 4.64. The van der Waals surface area contributed by atoms with Crippen LogP contribution in [0.1, 0.15) is 24.5 Å². The van der Waals surface area contributed by atoms with Crippen LogP contribution in [0.2, 0.25) is 5.28 Å². The summed E-state index contributed by atoms with van der Waals surface area (Å²) in [6, 6.07) is 6.95. The maximum atomic E-state index is 13.1. The van der Waals surface area contributed by atoms with E-state index in [1.807, 2.05) is 22.8 Å². The Hall–Kier alpha value is -2.53. The molecule has 0 aliphatic carbocycles. The van der Waals surface area contributed by atoms with Gasteiger partial charge < -0.3 is 9.80 Å². The van der Waals surface area contributed by atoms with Crippen LogP contribution in [0.4, 0.5) is 24.7 Å². The number of nitriles is 1. The van der Waals surface area contributed by atoms with Gasteiger partial charge in [0.25, 0.3) is 0 Å². The number of likely N-dealkylation sites (N-methyl/N-ethyl adjacent to an activating group) is 1. The Morgan fingerprint density at radius 2 is 2.15 bits per heavy atom. The van der Waals surface area contributed by atoms with E-state index in [1.54, 1.807) is 12.3 Å². The van der Waals surface area contributed by atoms with E-state index < -0.39 is 11.7 Å². The van der Waals surface area contributed by atoms with E-state index in [2.05, 4.69) is 9.97 Å². The van der Waals surface area contributed by atoms with Gasteiger partial charge in [-0.25, -0.2) is 9.97 Å². The van der Waals surface area contributed by atoms with Crippen molar-refractivity contribution in [3.63, 3.8) is 0 Å². The highest BCUT2D eigenvalue weighted by atomic mass is 35.5. The number of halogens is 4. The number of aromatic nitrogens is 2. The summed E-state index contributed by atoms with van der Waals surface area (Å²) in [5, 5.41) is 9.51. The third-order valence-corrected chi connectivity index (χ3v) is 4.82. The van der Waals surface area contributed by atoms with E-state index in [9.17, 15) is 18.4 Å². The first-order valence-corrected chi connectivity index (χ1v) is 8.82. The normalized spacial score (nSPS) is 17.0. The number of hydrogen-bond donors (Lipinski definition) is 0. The predicted octanol–water partition coefficient (Wildman–Crippen LogP) is 4.13. The maximum absolute atomic E-state index is 13.1. The molecular weight excluding hydrogens is 379 g/mol. The van der Waals surface area contributed by atoms with Gasteiger partial charge in [-0.3, -0.25) is 0 Å². The molecule has 0 radical (unpaired) electrons. The van der Waals surface area contributed by atoms with E-state index in [4.69, 9.17) is 11.6 Å². The Balaban J connectivity index is 1.89. The topological polar surface area (TPSA) is 56.1 Å². The van der Waals surface area contributed by atoms with Crippen molar-refractivity contribution in [1.29, 1.82) is 5.26 Å². The molecule has 0 spiro atoms. The summed E-state index contributed by atoms with van der Waals surface area (Å²) in [4.78, 5) is 11.9. The van der Waals surface area contributed by atoms with Crippen molar-refractivity contribution in [1.82, 2.24) is 9.97 Å². The minimum Gasteiger partial charge on any atom is -0.366 e. The summed E-state index contributed by atoms with van der Waals surface area (Å²) in [5.41, 5.74) is -0.219. The van der Waals surface area contributed by atoms with Crippen LogP contribution in [0.5, 0.6) is 0 Å². The first-order chi connectivity index (χ1) is 12.8. The summed E-state index contributed by atoms with van der Waals surface area (Å²) in [7, 11) is 0. The fourth-order valence-electron chi connectivity index (χ4n) is 3.37. The lowest BCUT2D eigenvalue weighted by molar-refractivity contribution is -0.137. The zero-order chi connectivity index (χ0) is 19.6. The van der Waals surface area contributed by atoms with Crippen LogP contribution in [-0.2, 0) is 6.18 Å². The molecule has 1 aliphatic rings. The molecule has 1 fully saturated rings. The quantitative estimate of drug-likeness (QED) is 0.729. The van der Waals surface area contributed by atoms with E-state index in [0.717, 1.165) is 18.6 Å². The fourth-order valence-corrected chi connectivity index (χ4v) is 3.51. The highest BCUT2D eigenvalue weighted by Gasteiger charge is 2.34. The van der Waals surface area contributed by atoms with Gasteiger partial charge >= 0.3 is 6.18 Å². The predicted molar refractivity (Wildman–Crippen MR) is 96.8 cm³/mol. The van der Waals surface area contributed by atoms with Gasteiger partial charge in [-0.15, -0.1) is 0 Å². The van der Waals surface area contributed by atoms with E-state index in [-0.39, 0.29) is 16.9 Å². The Bertz CT molecular complexity index is 865. The van der Waals surface area contributed by atoms with Gasteiger partial charge in [0, 0.05) is 31.9 Å². The number of hydrogen-bond acceptors (Lipinski definition) is 5. The second-order valence-corrected chi connectivity index (χ2v) is 6.54. The van der Waals surface area contributed by atoms with E-state index in [0.29, 0.717) is 31.1 Å². The minimum absolute atomic E-state index is 0.0423. The zero-order valence-corrected chi connectivity index (χ0v) is 15.3. The molecule has 27 heavy (non-hydrogen) atoms. The molecule has 142 valence electrons. The van der Waals surface area contributed by atoms with Gasteiger partial charge in [0.2, 0.25) is 5.28 Å². The van der Waals surface area contributed by atoms with Gasteiger partial charge in [0.15, 0.2) is 0 Å². The minimum atomic E-state index is -4.46. The maximum Gasteiger partial charge on any atom is 0.416 e. The van der Waals surface area contributed by atoms with Gasteiger partial charge in [-0.2, -0.15) is 18.4 Å². The second kappa shape index (κ2) is 7.61. The summed E-state index contributed by atoms with van der Waals surface area (Å²) in [5.74, 6) is 0.679. The summed E-state index contributed by atoms with van der Waals surface area (Å²) in [6.07, 6.45) is -2.16. The van der Waals surface area contributed by atoms with Crippen molar-refractivity contribution in [3.05, 3.63) is 46.9 Å². The van der Waals surface area contributed by atoms with Crippen molar-refractivity contribution in [2.75, 3.05) is 29.4 Å². The van der Waals surface area contributed by atoms with Crippen molar-refractivity contribution >= 4 is 23.1 Å². The molecule has 2 aromatic rings. The van der Waals surface area contributed by atoms with Crippen molar-refractivity contribution in [2.24, 2.45) is 0 Å². The monoisotopic (exact) mass is 395 g/mol. The fraction of sp³-hybridized carbons (Fsp3) is 0.389. The van der Waals surface area contributed by atoms with Crippen LogP contribution in [-0.4, -0.2) is 35.6 Å². The Labute approximate surface area is 160 Å². The van der Waals surface area contributed by atoms with Crippen molar-refractivity contribution in [2.45, 2.75) is 25.6 Å². The molecule has 1 aromatic carbocycles. The number of alkyl halides is 3. The molecule has 1 atom stereocenters. The summed E-state index contributed by atoms with van der Waals surface area (Å²) < 4.78 is 39.4. The molecule has 0 saturated carbocycles. The largest absolute Gasteiger partial charge is 0.416 e. The Morgan fingerprint density at radius 1 is 1.37 bits per heavy atom. The van der Waals surface area contributed by atoms with Crippen LogP contribution >= 0.6 is 11.6 Å². The van der Waals surface area contributed by atoms with Gasteiger partial charge in [-0.1, -0.05) is 0 Å². The average Bonchev–Trinajstić information content (AvgIpc) is 3.11. The van der Waals surface area contributed by atoms with Gasteiger partial charge in [-0.05, 0) is 49.2 Å². The molecule has 9 heteroatoms. The first-order valence-electron chi connectivity index (χ1n) is 8.45. The number of anilines is 2. The lowest BCUT2D eigenvalue weighted by Gasteiger charge is -2.31. The van der Waals surface area contributed by atoms with Crippen LogP contribution < -0.4 is 9.80 Å². The molecule has 1 aromatic heterocycles. The number of rotatable bonds is 4. The van der Waals surface area contributed by atoms with Crippen LogP contribution in [0.25, 0.3) is 0 Å². The Kier molecular flexibility index (Phi) is 5.42. The van der Waals surface area contributed by atoms with Crippen LogP contribution in [0, 0.1) is 11.3 Å². The number of nitrogens with zero attached hydrogens (tertiary/aromatic N) is 5. The second-order valence-electron chi connectivity index (χ2n) is 6.20. The number of benzene rings is 1. The molecule has 3 rings (SSSR count).